The van der Waals surface area contributed by atoms with Crippen LogP contribution in [0.25, 0.3) is 0 Å². The van der Waals surface area contributed by atoms with Crippen molar-refractivity contribution in [3.8, 4) is 0 Å². The van der Waals surface area contributed by atoms with Crippen LogP contribution in [-0.4, -0.2) is 11.0 Å². The van der Waals surface area contributed by atoms with Crippen molar-refractivity contribution >= 4 is 0 Å². The van der Waals surface area contributed by atoms with E-state index in [1.54, 1.807) is 0 Å². The number of nitrogens with zero attached hydrogens (tertiary/aromatic N) is 1. The van der Waals surface area contributed by atoms with Gasteiger partial charge in [0.1, 0.15) is 0 Å². The van der Waals surface area contributed by atoms with E-state index in [-0.39, 0.29) is 0 Å². The van der Waals surface area contributed by atoms with Crippen molar-refractivity contribution < 1.29 is 0 Å². The van der Waals surface area contributed by atoms with Crippen LogP contribution in [0.2, 0.25) is 0 Å². The average molecular weight is 230 g/mol. The van der Waals surface area contributed by atoms with Gasteiger partial charge >= 0.3 is 0 Å². The highest BCUT2D eigenvalue weighted by atomic mass is 14.8. The quantitative estimate of drug-likeness (QED) is 0.848. The van der Waals surface area contributed by atoms with E-state index < -0.39 is 0 Å². The van der Waals surface area contributed by atoms with Gasteiger partial charge in [0.25, 0.3) is 0 Å². The van der Waals surface area contributed by atoms with Gasteiger partial charge < -0.3 is 5.73 Å². The molecule has 1 aromatic heterocycles. The van der Waals surface area contributed by atoms with E-state index in [0.717, 1.165) is 11.8 Å². The van der Waals surface area contributed by atoms with Gasteiger partial charge in [-0.15, -0.1) is 0 Å². The monoisotopic (exact) mass is 230 g/mol. The van der Waals surface area contributed by atoms with Gasteiger partial charge in [0, 0.05) is 23.9 Å². The second kappa shape index (κ2) is 4.41. The lowest BCUT2D eigenvalue weighted by atomic mass is 9.85. The van der Waals surface area contributed by atoms with Crippen LogP contribution in [0.3, 0.4) is 0 Å². The lowest BCUT2D eigenvalue weighted by Gasteiger charge is -2.25. The summed E-state index contributed by atoms with van der Waals surface area (Å²) in [6.45, 7) is 2.35. The first-order chi connectivity index (χ1) is 8.25. The van der Waals surface area contributed by atoms with Crippen LogP contribution in [0.15, 0.2) is 18.3 Å². The van der Waals surface area contributed by atoms with Crippen molar-refractivity contribution in [3.63, 3.8) is 0 Å². The molecule has 0 saturated heterocycles. The van der Waals surface area contributed by atoms with Gasteiger partial charge in [0.15, 0.2) is 0 Å². The molecular formula is C15H22N2. The molecule has 4 atom stereocenters. The lowest BCUT2D eigenvalue weighted by molar-refractivity contribution is 0.359. The van der Waals surface area contributed by atoms with E-state index in [0.29, 0.717) is 12.0 Å². The molecule has 2 nitrogen and oxygen atoms in total. The molecule has 4 unspecified atom stereocenters. The van der Waals surface area contributed by atoms with Gasteiger partial charge in [0.05, 0.1) is 0 Å². The van der Waals surface area contributed by atoms with Crippen LogP contribution in [0.4, 0.5) is 0 Å². The summed E-state index contributed by atoms with van der Waals surface area (Å²) >= 11 is 0. The van der Waals surface area contributed by atoms with E-state index in [1.807, 2.05) is 12.3 Å². The maximum atomic E-state index is 6.52. The molecule has 1 heterocycles. The van der Waals surface area contributed by atoms with E-state index >= 15 is 0 Å². The summed E-state index contributed by atoms with van der Waals surface area (Å²) in [5, 5.41) is 0. The molecule has 2 aliphatic rings. The van der Waals surface area contributed by atoms with Crippen molar-refractivity contribution in [2.75, 3.05) is 0 Å². The Morgan fingerprint density at radius 3 is 3.00 bits per heavy atom. The fraction of sp³-hybridized carbons (Fsp3) is 0.667. The summed E-state index contributed by atoms with van der Waals surface area (Å²) in [4.78, 5) is 4.57. The average Bonchev–Trinajstić information content (AvgIpc) is 2.94. The van der Waals surface area contributed by atoms with Gasteiger partial charge in [-0.3, -0.25) is 4.98 Å². The molecule has 17 heavy (non-hydrogen) atoms. The number of rotatable bonds is 2. The predicted octanol–water partition coefficient (Wildman–Crippen LogP) is 2.87. The van der Waals surface area contributed by atoms with E-state index in [2.05, 4.69) is 18.0 Å². The van der Waals surface area contributed by atoms with Crippen LogP contribution in [0.1, 0.15) is 49.8 Å². The number of hydrogen-bond donors (Lipinski definition) is 1. The Hall–Kier alpha value is -0.890. The minimum absolute atomic E-state index is 0.330. The molecule has 1 fully saturated rings. The van der Waals surface area contributed by atoms with Gasteiger partial charge in [-0.25, -0.2) is 0 Å². The Labute approximate surface area is 104 Å². The second-order valence-electron chi connectivity index (χ2n) is 5.95. The Morgan fingerprint density at radius 2 is 2.24 bits per heavy atom. The minimum atomic E-state index is 0.330. The predicted molar refractivity (Wildman–Crippen MR) is 69.8 cm³/mol. The number of fused-ring (bicyclic) bond motifs is 1. The normalized spacial score (nSPS) is 33.6. The molecule has 0 bridgehead atoms. The summed E-state index contributed by atoms with van der Waals surface area (Å²) in [5.41, 5.74) is 9.24. The highest BCUT2D eigenvalue weighted by Crippen LogP contribution is 2.41. The highest BCUT2D eigenvalue weighted by Gasteiger charge is 2.35. The van der Waals surface area contributed by atoms with Crippen LogP contribution in [0, 0.1) is 11.8 Å². The van der Waals surface area contributed by atoms with Gasteiger partial charge in [-0.1, -0.05) is 19.4 Å². The fourth-order valence-electron chi connectivity index (χ4n) is 3.75. The maximum absolute atomic E-state index is 6.52. The molecule has 0 aromatic carbocycles. The first-order valence-electron chi connectivity index (χ1n) is 6.95. The molecule has 0 amide bonds. The molecule has 1 saturated carbocycles. The second-order valence-corrected chi connectivity index (χ2v) is 5.95. The fourth-order valence-corrected chi connectivity index (χ4v) is 3.75. The van der Waals surface area contributed by atoms with Crippen LogP contribution in [-0.2, 0) is 6.42 Å². The Morgan fingerprint density at radius 1 is 1.35 bits per heavy atom. The zero-order valence-corrected chi connectivity index (χ0v) is 10.6. The standard InChI is InChI=1S/C15H22N2/c1-10-4-5-12(9-10)14(16)13-7-6-11-3-2-8-17-15(11)13/h2-3,8,10,12-14H,4-7,9,16H2,1H3. The summed E-state index contributed by atoms with van der Waals surface area (Å²) in [5.74, 6) is 2.11. The molecule has 0 radical (unpaired) electrons. The SMILES string of the molecule is CC1CCC(C(N)C2CCc3cccnc32)C1. The smallest absolute Gasteiger partial charge is 0.0482 e. The summed E-state index contributed by atoms with van der Waals surface area (Å²) in [6.07, 6.45) is 8.30. The number of hydrogen-bond acceptors (Lipinski definition) is 2. The molecule has 0 aliphatic heterocycles. The highest BCUT2D eigenvalue weighted by molar-refractivity contribution is 5.30. The lowest BCUT2D eigenvalue weighted by Crippen LogP contribution is -2.34. The Balaban J connectivity index is 1.78. The third kappa shape index (κ3) is 1.99. The topological polar surface area (TPSA) is 38.9 Å². The van der Waals surface area contributed by atoms with Crippen LogP contribution < -0.4 is 5.73 Å². The minimum Gasteiger partial charge on any atom is -0.327 e. The van der Waals surface area contributed by atoms with Crippen molar-refractivity contribution in [1.29, 1.82) is 0 Å². The molecule has 0 spiro atoms. The largest absolute Gasteiger partial charge is 0.327 e. The maximum Gasteiger partial charge on any atom is 0.0482 e. The number of pyridine rings is 1. The summed E-state index contributed by atoms with van der Waals surface area (Å²) in [6, 6.07) is 4.59. The van der Waals surface area contributed by atoms with Crippen molar-refractivity contribution in [3.05, 3.63) is 29.6 Å². The van der Waals surface area contributed by atoms with E-state index in [9.17, 15) is 0 Å². The van der Waals surface area contributed by atoms with Gasteiger partial charge in [0.2, 0.25) is 0 Å². The number of nitrogens with two attached hydrogens (primary N) is 1. The first-order valence-corrected chi connectivity index (χ1v) is 6.95. The zero-order valence-electron chi connectivity index (χ0n) is 10.6. The molecule has 2 aliphatic carbocycles. The summed E-state index contributed by atoms with van der Waals surface area (Å²) < 4.78 is 0. The van der Waals surface area contributed by atoms with Crippen molar-refractivity contribution in [1.82, 2.24) is 4.98 Å². The Bertz CT molecular complexity index is 402. The third-order valence-electron chi connectivity index (χ3n) is 4.75. The molecular weight excluding hydrogens is 208 g/mol. The van der Waals surface area contributed by atoms with Crippen molar-refractivity contribution in [2.45, 2.75) is 51.0 Å². The number of aryl methyl sites for hydroxylation is 1. The van der Waals surface area contributed by atoms with E-state index in [1.165, 1.54) is 43.4 Å². The van der Waals surface area contributed by atoms with Crippen LogP contribution in [0.5, 0.6) is 0 Å². The Kier molecular flexibility index (Phi) is 2.91. The molecule has 3 rings (SSSR count). The molecule has 2 heteroatoms. The van der Waals surface area contributed by atoms with Crippen molar-refractivity contribution in [2.24, 2.45) is 17.6 Å². The molecule has 2 N–H and O–H groups in total. The van der Waals surface area contributed by atoms with Gasteiger partial charge in [-0.2, -0.15) is 0 Å². The number of aromatic nitrogens is 1. The zero-order chi connectivity index (χ0) is 11.8. The van der Waals surface area contributed by atoms with E-state index in [4.69, 9.17) is 5.73 Å². The molecule has 92 valence electrons. The van der Waals surface area contributed by atoms with Gasteiger partial charge in [-0.05, 0) is 49.1 Å². The first kappa shape index (κ1) is 11.2. The third-order valence-corrected chi connectivity index (χ3v) is 4.75. The molecule has 1 aromatic rings. The van der Waals surface area contributed by atoms with Crippen LogP contribution >= 0.6 is 0 Å². The summed E-state index contributed by atoms with van der Waals surface area (Å²) in [7, 11) is 0.